The highest BCUT2D eigenvalue weighted by molar-refractivity contribution is 5.85. The van der Waals surface area contributed by atoms with Crippen LogP contribution in [0.15, 0.2) is 51.7 Å². The average Bonchev–Trinajstić information content (AvgIpc) is 3.06. The maximum absolute atomic E-state index is 12.8. The normalized spacial score (nSPS) is 20.1. The number of nitriles is 1. The smallest absolute Gasteiger partial charge is 0.408 e. The molecule has 0 radical (unpaired) electrons. The van der Waals surface area contributed by atoms with Crippen molar-refractivity contribution < 1.29 is 13.9 Å². The van der Waals surface area contributed by atoms with Gasteiger partial charge in [-0.3, -0.25) is 9.36 Å². The van der Waals surface area contributed by atoms with Crippen LogP contribution in [0.25, 0.3) is 22.2 Å². The van der Waals surface area contributed by atoms with Crippen LogP contribution < -0.4 is 11.1 Å². The second kappa shape index (κ2) is 8.61. The number of benzene rings is 2. The molecule has 8 nitrogen and oxygen atoms in total. The van der Waals surface area contributed by atoms with Gasteiger partial charge in [-0.05, 0) is 42.8 Å². The van der Waals surface area contributed by atoms with Crippen LogP contribution in [0.1, 0.15) is 12.5 Å². The fraction of sp³-hybridized carbons (Fsp3) is 0.375. The monoisotopic (exact) mass is 434 g/mol. The SMILES string of the molecule is CN1CCO[C@@](C)(C(=O)NC(C#N)Cc2ccc(-c3ccc4oc(=O)n(C)c4c3)cc2)C1. The van der Waals surface area contributed by atoms with E-state index >= 15 is 0 Å². The van der Waals surface area contributed by atoms with Crippen LogP contribution in [0, 0.1) is 11.3 Å². The van der Waals surface area contributed by atoms with Gasteiger partial charge in [0.25, 0.3) is 5.91 Å². The maximum Gasteiger partial charge on any atom is 0.419 e. The van der Waals surface area contributed by atoms with Gasteiger partial charge in [0.1, 0.15) is 6.04 Å². The van der Waals surface area contributed by atoms with Crippen LogP contribution in [0.3, 0.4) is 0 Å². The van der Waals surface area contributed by atoms with E-state index in [4.69, 9.17) is 9.15 Å². The lowest BCUT2D eigenvalue weighted by Crippen LogP contribution is -2.58. The number of morpholine rings is 1. The Hall–Kier alpha value is -3.41. The molecule has 2 heterocycles. The Kier molecular flexibility index (Phi) is 5.87. The zero-order valence-corrected chi connectivity index (χ0v) is 18.4. The Bertz CT molecular complexity index is 1240. The van der Waals surface area contributed by atoms with E-state index in [1.165, 1.54) is 4.57 Å². The molecule has 3 aromatic rings. The van der Waals surface area contributed by atoms with Gasteiger partial charge in [0, 0.05) is 26.6 Å². The summed E-state index contributed by atoms with van der Waals surface area (Å²) in [6, 6.07) is 14.9. The first-order valence-corrected chi connectivity index (χ1v) is 10.5. The molecule has 0 spiro atoms. The number of amides is 1. The molecule has 0 aliphatic carbocycles. The summed E-state index contributed by atoms with van der Waals surface area (Å²) in [5.74, 6) is -0.664. The Morgan fingerprint density at radius 1 is 1.22 bits per heavy atom. The molecule has 1 N–H and O–H groups in total. The first-order valence-electron chi connectivity index (χ1n) is 10.5. The Morgan fingerprint density at radius 2 is 1.94 bits per heavy atom. The van der Waals surface area contributed by atoms with E-state index in [1.54, 1.807) is 20.0 Å². The molecule has 2 atom stereocenters. The number of carbonyl (C=O) groups is 1. The third-order valence-corrected chi connectivity index (χ3v) is 5.93. The van der Waals surface area contributed by atoms with Gasteiger partial charge in [0.15, 0.2) is 11.2 Å². The minimum Gasteiger partial charge on any atom is -0.408 e. The standard InChI is InChI=1S/C24H26N4O4/c1-24(15-27(2)10-11-31-24)22(29)26-19(14-25)12-16-4-6-17(7-5-16)18-8-9-21-20(13-18)28(3)23(30)32-21/h4-9,13,19H,10-12,15H2,1-3H3,(H,26,29)/t19?,24-/m1/s1. The minimum absolute atomic E-state index is 0.272. The van der Waals surface area contributed by atoms with Crippen molar-refractivity contribution in [2.75, 3.05) is 26.7 Å². The van der Waals surface area contributed by atoms with Crippen molar-refractivity contribution in [3.63, 3.8) is 0 Å². The molecule has 0 bridgehead atoms. The summed E-state index contributed by atoms with van der Waals surface area (Å²) in [5.41, 5.74) is 3.19. The van der Waals surface area contributed by atoms with Crippen molar-refractivity contribution >= 4 is 17.0 Å². The highest BCUT2D eigenvalue weighted by Crippen LogP contribution is 2.24. The third kappa shape index (κ3) is 4.31. The molecular formula is C24H26N4O4. The van der Waals surface area contributed by atoms with Gasteiger partial charge in [-0.2, -0.15) is 5.26 Å². The topological polar surface area (TPSA) is 100 Å². The summed E-state index contributed by atoms with van der Waals surface area (Å²) in [5, 5.41) is 12.4. The predicted octanol–water partition coefficient (Wildman–Crippen LogP) is 2.07. The number of hydrogen-bond acceptors (Lipinski definition) is 6. The van der Waals surface area contributed by atoms with Gasteiger partial charge < -0.3 is 19.4 Å². The number of hydrogen-bond donors (Lipinski definition) is 1. The summed E-state index contributed by atoms with van der Waals surface area (Å²) in [7, 11) is 3.62. The summed E-state index contributed by atoms with van der Waals surface area (Å²) in [6.45, 7) is 3.50. The van der Waals surface area contributed by atoms with E-state index in [0.717, 1.165) is 28.8 Å². The fourth-order valence-electron chi connectivity index (χ4n) is 4.02. The molecule has 2 aromatic carbocycles. The van der Waals surface area contributed by atoms with Gasteiger partial charge in [-0.15, -0.1) is 0 Å². The van der Waals surface area contributed by atoms with Crippen LogP contribution in [0.5, 0.6) is 0 Å². The number of ether oxygens (including phenoxy) is 1. The molecule has 1 aromatic heterocycles. The van der Waals surface area contributed by atoms with Crippen LogP contribution >= 0.6 is 0 Å². The van der Waals surface area contributed by atoms with Crippen LogP contribution in [0.4, 0.5) is 0 Å². The van der Waals surface area contributed by atoms with E-state index in [9.17, 15) is 14.9 Å². The van der Waals surface area contributed by atoms with E-state index in [2.05, 4.69) is 11.4 Å². The largest absolute Gasteiger partial charge is 0.419 e. The zero-order valence-electron chi connectivity index (χ0n) is 18.4. The molecule has 1 unspecified atom stereocenters. The van der Waals surface area contributed by atoms with Crippen molar-refractivity contribution in [2.24, 2.45) is 7.05 Å². The van der Waals surface area contributed by atoms with Crippen molar-refractivity contribution in [2.45, 2.75) is 25.0 Å². The molecule has 1 saturated heterocycles. The van der Waals surface area contributed by atoms with Gasteiger partial charge in [-0.25, -0.2) is 4.79 Å². The number of oxazole rings is 1. The number of aromatic nitrogens is 1. The van der Waals surface area contributed by atoms with Crippen LogP contribution in [0.2, 0.25) is 0 Å². The summed E-state index contributed by atoms with van der Waals surface area (Å²) < 4.78 is 12.4. The molecule has 1 fully saturated rings. The van der Waals surface area contributed by atoms with Crippen LogP contribution in [-0.2, 0) is 23.0 Å². The number of nitrogens with zero attached hydrogens (tertiary/aromatic N) is 3. The number of carbonyl (C=O) groups excluding carboxylic acids is 1. The highest BCUT2D eigenvalue weighted by Gasteiger charge is 2.39. The van der Waals surface area contributed by atoms with Crippen LogP contribution in [-0.4, -0.2) is 53.8 Å². The number of likely N-dealkylation sites (N-methyl/N-ethyl adjacent to an activating group) is 1. The maximum atomic E-state index is 12.8. The number of rotatable bonds is 5. The molecule has 166 valence electrons. The summed E-state index contributed by atoms with van der Waals surface area (Å²) in [4.78, 5) is 26.5. The number of fused-ring (bicyclic) bond motifs is 1. The molecule has 1 aliphatic rings. The van der Waals surface area contributed by atoms with Gasteiger partial charge in [0.2, 0.25) is 0 Å². The molecule has 1 aliphatic heterocycles. The Morgan fingerprint density at radius 3 is 2.62 bits per heavy atom. The number of aryl methyl sites for hydroxylation is 1. The first kappa shape index (κ1) is 21.8. The van der Waals surface area contributed by atoms with E-state index in [-0.39, 0.29) is 5.91 Å². The lowest BCUT2D eigenvalue weighted by atomic mass is 9.99. The minimum atomic E-state index is -0.961. The Labute approximate surface area is 186 Å². The first-order chi connectivity index (χ1) is 15.3. The van der Waals surface area contributed by atoms with Gasteiger partial charge in [-0.1, -0.05) is 30.3 Å². The lowest BCUT2D eigenvalue weighted by Gasteiger charge is -2.37. The highest BCUT2D eigenvalue weighted by atomic mass is 16.5. The summed E-state index contributed by atoms with van der Waals surface area (Å²) >= 11 is 0. The van der Waals surface area contributed by atoms with Gasteiger partial charge in [0.05, 0.1) is 18.2 Å². The molecule has 1 amide bonds. The molecule has 32 heavy (non-hydrogen) atoms. The van der Waals surface area contributed by atoms with E-state index in [0.29, 0.717) is 25.2 Å². The fourth-order valence-corrected chi connectivity index (χ4v) is 4.02. The molecule has 4 rings (SSSR count). The van der Waals surface area contributed by atoms with Crippen molar-refractivity contribution in [1.29, 1.82) is 5.26 Å². The third-order valence-electron chi connectivity index (χ3n) is 5.93. The second-order valence-electron chi connectivity index (χ2n) is 8.48. The van der Waals surface area contributed by atoms with E-state index < -0.39 is 17.4 Å². The summed E-state index contributed by atoms with van der Waals surface area (Å²) in [6.07, 6.45) is 0.393. The average molecular weight is 434 g/mol. The lowest BCUT2D eigenvalue weighted by molar-refractivity contribution is -0.155. The van der Waals surface area contributed by atoms with Crippen molar-refractivity contribution in [3.05, 3.63) is 58.6 Å². The van der Waals surface area contributed by atoms with Crippen molar-refractivity contribution in [1.82, 2.24) is 14.8 Å². The number of nitrogens with one attached hydrogen (secondary N) is 1. The zero-order chi connectivity index (χ0) is 22.9. The van der Waals surface area contributed by atoms with Crippen molar-refractivity contribution in [3.8, 4) is 17.2 Å². The molecule has 8 heteroatoms. The second-order valence-corrected chi connectivity index (χ2v) is 8.48. The Balaban J connectivity index is 1.45. The van der Waals surface area contributed by atoms with E-state index in [1.807, 2.05) is 48.3 Å². The predicted molar refractivity (Wildman–Crippen MR) is 120 cm³/mol. The molecule has 0 saturated carbocycles. The van der Waals surface area contributed by atoms with Gasteiger partial charge >= 0.3 is 5.76 Å². The quantitative estimate of drug-likeness (QED) is 0.660. The molecular weight excluding hydrogens is 408 g/mol.